The predicted molar refractivity (Wildman–Crippen MR) is 92.5 cm³/mol. The molecule has 4 bridgehead atoms. The van der Waals surface area contributed by atoms with Crippen LogP contribution >= 0.6 is 0 Å². The predicted octanol–water partition coefficient (Wildman–Crippen LogP) is 2.29. The number of aliphatic hydroxyl groups excluding tert-OH is 2. The van der Waals surface area contributed by atoms with Crippen molar-refractivity contribution >= 4 is 10.9 Å². The first kappa shape index (κ1) is 14.7. The molecule has 4 saturated heterocycles. The highest BCUT2D eigenvalue weighted by molar-refractivity contribution is 5.86. The van der Waals surface area contributed by atoms with E-state index in [1.54, 1.807) is 0 Å². The lowest BCUT2D eigenvalue weighted by molar-refractivity contribution is -0.219. The van der Waals surface area contributed by atoms with Crippen molar-refractivity contribution in [1.82, 2.24) is 9.47 Å². The highest BCUT2D eigenvalue weighted by Gasteiger charge is 2.66. The molecule has 5 nitrogen and oxygen atoms in total. The van der Waals surface area contributed by atoms with E-state index in [2.05, 4.69) is 47.7 Å². The van der Waals surface area contributed by atoms with Gasteiger partial charge in [0.25, 0.3) is 0 Å². The first-order valence-electron chi connectivity index (χ1n) is 9.49. The Morgan fingerprint density at radius 2 is 2.04 bits per heavy atom. The van der Waals surface area contributed by atoms with Crippen LogP contribution in [0.3, 0.4) is 0 Å². The van der Waals surface area contributed by atoms with Crippen LogP contribution in [0.15, 0.2) is 24.3 Å². The van der Waals surface area contributed by atoms with Crippen molar-refractivity contribution in [3.63, 3.8) is 0 Å². The zero-order chi connectivity index (χ0) is 17.0. The van der Waals surface area contributed by atoms with Crippen LogP contribution < -0.4 is 0 Å². The summed E-state index contributed by atoms with van der Waals surface area (Å²) < 4.78 is 8.44. The summed E-state index contributed by atoms with van der Waals surface area (Å²) >= 11 is 0. The molecule has 1 aromatic carbocycles. The minimum atomic E-state index is -0.727. The summed E-state index contributed by atoms with van der Waals surface area (Å²) in [6, 6.07) is 8.78. The largest absolute Gasteiger partial charge is 0.378 e. The van der Waals surface area contributed by atoms with Gasteiger partial charge in [-0.2, -0.15) is 0 Å². The molecule has 4 fully saturated rings. The molecule has 25 heavy (non-hydrogen) atoms. The van der Waals surface area contributed by atoms with E-state index in [-0.39, 0.29) is 30.0 Å². The summed E-state index contributed by atoms with van der Waals surface area (Å²) in [4.78, 5) is 2.28. The van der Waals surface area contributed by atoms with Crippen molar-refractivity contribution < 1.29 is 14.9 Å². The van der Waals surface area contributed by atoms with Crippen LogP contribution in [-0.2, 0) is 11.8 Å². The van der Waals surface area contributed by atoms with Crippen LogP contribution in [0.4, 0.5) is 0 Å². The molecule has 2 N–H and O–H groups in total. The van der Waals surface area contributed by atoms with Crippen molar-refractivity contribution in [2.75, 3.05) is 0 Å². The number of fused-ring (bicyclic) bond motifs is 5. The number of benzene rings is 1. The van der Waals surface area contributed by atoms with Gasteiger partial charge < -0.3 is 19.5 Å². The van der Waals surface area contributed by atoms with Crippen LogP contribution in [0, 0.1) is 17.8 Å². The van der Waals surface area contributed by atoms with Crippen LogP contribution in [-0.4, -0.2) is 38.2 Å². The number of ether oxygens (including phenoxy) is 1. The number of piperidine rings is 3. The average Bonchev–Trinajstić information content (AvgIpc) is 3.12. The van der Waals surface area contributed by atoms with E-state index in [1.807, 2.05) is 0 Å². The molecule has 1 unspecified atom stereocenters. The third kappa shape index (κ3) is 1.51. The molecule has 5 aliphatic rings. The zero-order valence-electron chi connectivity index (χ0n) is 14.5. The van der Waals surface area contributed by atoms with Crippen LogP contribution in [0.1, 0.15) is 43.2 Å². The van der Waals surface area contributed by atoms with Gasteiger partial charge in [-0.25, -0.2) is 0 Å². The van der Waals surface area contributed by atoms with Crippen molar-refractivity contribution in [3.05, 3.63) is 35.5 Å². The second kappa shape index (κ2) is 4.65. The third-order valence-electron chi connectivity index (χ3n) is 7.52. The maximum Gasteiger partial charge on any atom is 0.160 e. The molecule has 0 spiro atoms. The molecule has 132 valence electrons. The molecule has 5 aliphatic heterocycles. The van der Waals surface area contributed by atoms with Crippen molar-refractivity contribution in [2.45, 2.75) is 50.5 Å². The van der Waals surface area contributed by atoms with Crippen LogP contribution in [0.5, 0.6) is 0 Å². The SMILES string of the molecule is CC[C@H]1[C@@H]2C[C@H]3c4c(c5ccccc5n4C)[C@H]4O[C@@H](O)[C@@H]2[C@H]4N3[C@@H]1O. The van der Waals surface area contributed by atoms with Gasteiger partial charge in [0, 0.05) is 41.0 Å². The minimum absolute atomic E-state index is 0.0925. The molecule has 1 aromatic heterocycles. The summed E-state index contributed by atoms with van der Waals surface area (Å²) in [5.74, 6) is 0.665. The number of aromatic nitrogens is 1. The Balaban J connectivity index is 1.65. The van der Waals surface area contributed by atoms with E-state index in [0.717, 1.165) is 12.8 Å². The Kier molecular flexibility index (Phi) is 2.74. The van der Waals surface area contributed by atoms with Gasteiger partial charge in [-0.15, -0.1) is 0 Å². The zero-order valence-corrected chi connectivity index (χ0v) is 14.5. The standard InChI is InChI=1S/C20H24N2O3/c1-3-9-11-8-13-16-14(10-6-4-5-7-12(10)21(16)2)18-17(22(13)19(9)23)15(11)20(24)25-18/h4-7,9,11,13,15,17-20,23-24H,3,8H2,1-2H3/t9-,11-,13-,15-,17+,18+,19+,20+/m0/s1. The van der Waals surface area contributed by atoms with Gasteiger partial charge in [0.2, 0.25) is 0 Å². The van der Waals surface area contributed by atoms with Crippen molar-refractivity contribution in [2.24, 2.45) is 24.8 Å². The number of aliphatic hydroxyl groups is 2. The van der Waals surface area contributed by atoms with Crippen molar-refractivity contribution in [1.29, 1.82) is 0 Å². The summed E-state index contributed by atoms with van der Waals surface area (Å²) in [6.07, 6.45) is 0.638. The topological polar surface area (TPSA) is 57.9 Å². The van der Waals surface area contributed by atoms with Crippen molar-refractivity contribution in [3.8, 4) is 0 Å². The van der Waals surface area contributed by atoms with E-state index < -0.39 is 12.5 Å². The van der Waals surface area contributed by atoms with Gasteiger partial charge in [-0.05, 0) is 24.8 Å². The van der Waals surface area contributed by atoms with Gasteiger partial charge in [-0.3, -0.25) is 4.90 Å². The second-order valence-corrected chi connectivity index (χ2v) is 8.24. The molecule has 6 heterocycles. The molecule has 0 amide bonds. The fourth-order valence-electron chi connectivity index (χ4n) is 6.67. The summed E-state index contributed by atoms with van der Waals surface area (Å²) in [6.45, 7) is 2.15. The van der Waals surface area contributed by atoms with Crippen LogP contribution in [0.25, 0.3) is 10.9 Å². The number of rotatable bonds is 1. The summed E-state index contributed by atoms with van der Waals surface area (Å²) in [7, 11) is 2.12. The molecule has 9 atom stereocenters. The van der Waals surface area contributed by atoms with Gasteiger partial charge in [0.05, 0.1) is 12.1 Å². The summed E-state index contributed by atoms with van der Waals surface area (Å²) in [5.41, 5.74) is 3.72. The van der Waals surface area contributed by atoms with E-state index >= 15 is 0 Å². The van der Waals surface area contributed by atoms with Gasteiger partial charge in [-0.1, -0.05) is 25.1 Å². The Bertz CT molecular complexity index is 877. The van der Waals surface area contributed by atoms with E-state index in [0.29, 0.717) is 5.92 Å². The first-order valence-corrected chi connectivity index (χ1v) is 9.49. The maximum absolute atomic E-state index is 11.1. The monoisotopic (exact) mass is 340 g/mol. The fourth-order valence-corrected chi connectivity index (χ4v) is 6.67. The highest BCUT2D eigenvalue weighted by Crippen LogP contribution is 2.64. The Morgan fingerprint density at radius 3 is 2.84 bits per heavy atom. The number of para-hydroxylation sites is 1. The molecule has 0 radical (unpaired) electrons. The molecular formula is C20H24N2O3. The average molecular weight is 340 g/mol. The Hall–Kier alpha value is -1.40. The lowest BCUT2D eigenvalue weighted by Gasteiger charge is -2.61. The fraction of sp³-hybridized carbons (Fsp3) is 0.600. The number of hydrogen-bond donors (Lipinski definition) is 2. The van der Waals surface area contributed by atoms with E-state index in [4.69, 9.17) is 4.74 Å². The lowest BCUT2D eigenvalue weighted by atomic mass is 9.60. The molecule has 0 aliphatic carbocycles. The molecular weight excluding hydrogens is 316 g/mol. The molecule has 0 saturated carbocycles. The molecule has 2 aromatic rings. The van der Waals surface area contributed by atoms with E-state index in [9.17, 15) is 10.2 Å². The second-order valence-electron chi connectivity index (χ2n) is 8.24. The smallest absolute Gasteiger partial charge is 0.160 e. The summed E-state index contributed by atoms with van der Waals surface area (Å²) in [5, 5.41) is 23.0. The normalized spacial score (nSPS) is 46.6. The maximum atomic E-state index is 11.1. The van der Waals surface area contributed by atoms with E-state index in [1.165, 1.54) is 22.2 Å². The van der Waals surface area contributed by atoms with Crippen LogP contribution in [0.2, 0.25) is 0 Å². The van der Waals surface area contributed by atoms with Gasteiger partial charge >= 0.3 is 0 Å². The van der Waals surface area contributed by atoms with Gasteiger partial charge in [0.15, 0.2) is 6.29 Å². The Morgan fingerprint density at radius 1 is 1.24 bits per heavy atom. The Labute approximate surface area is 146 Å². The first-order chi connectivity index (χ1) is 12.1. The quantitative estimate of drug-likeness (QED) is 0.836. The third-order valence-corrected chi connectivity index (χ3v) is 7.52. The minimum Gasteiger partial charge on any atom is -0.378 e. The highest BCUT2D eigenvalue weighted by atomic mass is 16.6. The molecule has 5 heteroatoms. The number of nitrogens with zero attached hydrogens (tertiary/aromatic N) is 2. The number of aryl methyl sites for hydroxylation is 1. The number of hydrogen-bond acceptors (Lipinski definition) is 4. The lowest BCUT2D eigenvalue weighted by Crippen LogP contribution is -2.67. The van der Waals surface area contributed by atoms with Gasteiger partial charge in [0.1, 0.15) is 12.3 Å². The molecule has 7 rings (SSSR count).